The second-order valence-corrected chi connectivity index (χ2v) is 14.4. The van der Waals surface area contributed by atoms with E-state index in [0.717, 1.165) is 11.3 Å². The van der Waals surface area contributed by atoms with E-state index in [4.69, 9.17) is 9.69 Å². The van der Waals surface area contributed by atoms with Crippen molar-refractivity contribution in [2.24, 2.45) is 0 Å². The molecule has 1 N–H and O–H groups in total. The lowest BCUT2D eigenvalue weighted by atomic mass is 10.1. The average Bonchev–Trinajstić information content (AvgIpc) is 2.93. The van der Waals surface area contributed by atoms with Crippen LogP contribution in [0.2, 0.25) is 5.04 Å². The fourth-order valence-electron chi connectivity index (χ4n) is 4.79. The Bertz CT molecular complexity index is 1390. The highest BCUT2D eigenvalue weighted by atomic mass is 28.4. The molecule has 4 rings (SSSR count). The highest BCUT2D eigenvalue weighted by Gasteiger charge is 2.52. The van der Waals surface area contributed by atoms with Gasteiger partial charge < -0.3 is 9.74 Å². The first-order chi connectivity index (χ1) is 18.2. The number of nitrogens with one attached hydrogen (secondary N) is 1. The minimum atomic E-state index is -2.70. The molecule has 0 aliphatic rings. The summed E-state index contributed by atoms with van der Waals surface area (Å²) in [6, 6.07) is 35.6. The summed E-state index contributed by atoms with van der Waals surface area (Å²) in [4.78, 5) is 10.9. The first kappa shape index (κ1) is 26.6. The number of nitrogens with zero attached hydrogens (tertiary/aromatic N) is 2. The van der Waals surface area contributed by atoms with Gasteiger partial charge in [-0.05, 0) is 51.7 Å². The molecule has 0 spiro atoms. The standard InChI is InChI=1S/C31H31N3O3Si/c1-31(2,3)38(27-10-6-4-7-11-27,28-12-8-5-9-13-28)37-26-17-14-24(15-18-26)20-21-33-29-19-16-25(23-32)22-30(29)34(35)36/h4-19,22,33H,20-21H2,1-3H3. The summed E-state index contributed by atoms with van der Waals surface area (Å²) in [5.74, 6) is 0.818. The number of rotatable bonds is 9. The van der Waals surface area contributed by atoms with Crippen LogP contribution in [0, 0.1) is 21.4 Å². The van der Waals surface area contributed by atoms with Crippen LogP contribution in [0.25, 0.3) is 0 Å². The van der Waals surface area contributed by atoms with Crippen molar-refractivity contribution in [2.75, 3.05) is 11.9 Å². The fraction of sp³-hybridized carbons (Fsp3) is 0.194. The lowest BCUT2D eigenvalue weighted by molar-refractivity contribution is -0.384. The van der Waals surface area contributed by atoms with Gasteiger partial charge in [0.05, 0.1) is 16.6 Å². The van der Waals surface area contributed by atoms with Crippen molar-refractivity contribution in [1.29, 1.82) is 5.26 Å². The molecule has 4 aromatic rings. The van der Waals surface area contributed by atoms with Crippen molar-refractivity contribution in [2.45, 2.75) is 32.2 Å². The van der Waals surface area contributed by atoms with Crippen molar-refractivity contribution in [1.82, 2.24) is 0 Å². The Morgan fingerprint density at radius 2 is 1.47 bits per heavy atom. The van der Waals surface area contributed by atoms with E-state index < -0.39 is 13.2 Å². The van der Waals surface area contributed by atoms with E-state index in [0.29, 0.717) is 18.7 Å². The fourth-order valence-corrected chi connectivity index (χ4v) is 9.21. The molecule has 0 atom stereocenters. The summed E-state index contributed by atoms with van der Waals surface area (Å²) in [6.45, 7) is 7.27. The van der Waals surface area contributed by atoms with E-state index in [1.807, 2.05) is 42.5 Å². The maximum absolute atomic E-state index is 11.4. The number of hydrogen-bond acceptors (Lipinski definition) is 5. The number of benzene rings is 4. The second-order valence-electron chi connectivity index (χ2n) is 10.2. The van der Waals surface area contributed by atoms with Gasteiger partial charge >= 0.3 is 8.32 Å². The Kier molecular flexibility index (Phi) is 7.94. The monoisotopic (exact) mass is 521 g/mol. The second kappa shape index (κ2) is 11.3. The summed E-state index contributed by atoms with van der Waals surface area (Å²) in [7, 11) is -2.70. The molecule has 0 bridgehead atoms. The van der Waals surface area contributed by atoms with E-state index >= 15 is 0 Å². The molecule has 0 aliphatic heterocycles. The summed E-state index contributed by atoms with van der Waals surface area (Å²) < 4.78 is 7.05. The third-order valence-electron chi connectivity index (χ3n) is 6.66. The van der Waals surface area contributed by atoms with Gasteiger partial charge in [-0.25, -0.2) is 0 Å². The molecule has 7 heteroatoms. The summed E-state index contributed by atoms with van der Waals surface area (Å²) >= 11 is 0. The van der Waals surface area contributed by atoms with Crippen molar-refractivity contribution < 1.29 is 9.35 Å². The maximum Gasteiger partial charge on any atom is 0.319 e. The van der Waals surface area contributed by atoms with Gasteiger partial charge in [0.25, 0.3) is 5.69 Å². The zero-order chi connectivity index (χ0) is 27.2. The number of anilines is 1. The van der Waals surface area contributed by atoms with Gasteiger partial charge in [0.15, 0.2) is 0 Å². The minimum Gasteiger partial charge on any atom is -0.534 e. The van der Waals surface area contributed by atoms with Crippen LogP contribution in [-0.2, 0) is 6.42 Å². The van der Waals surface area contributed by atoms with Crippen molar-refractivity contribution >= 4 is 30.1 Å². The first-order valence-electron chi connectivity index (χ1n) is 12.6. The molecule has 4 aromatic carbocycles. The smallest absolute Gasteiger partial charge is 0.319 e. The summed E-state index contributed by atoms with van der Waals surface area (Å²) in [6.07, 6.45) is 0.677. The average molecular weight is 522 g/mol. The normalized spacial score (nSPS) is 11.4. The van der Waals surface area contributed by atoms with Gasteiger partial charge in [-0.15, -0.1) is 0 Å². The molecular weight excluding hydrogens is 490 g/mol. The van der Waals surface area contributed by atoms with Crippen molar-refractivity contribution in [3.63, 3.8) is 0 Å². The van der Waals surface area contributed by atoms with Crippen LogP contribution in [0.15, 0.2) is 103 Å². The largest absolute Gasteiger partial charge is 0.534 e. The minimum absolute atomic E-state index is 0.0990. The van der Waals surface area contributed by atoms with Crippen molar-refractivity contribution in [3.05, 3.63) is 124 Å². The SMILES string of the molecule is CC(C)(C)[Si](Oc1ccc(CCNc2ccc(C#N)cc2[N+](=O)[O-])cc1)(c1ccccc1)c1ccccc1. The van der Waals surface area contributed by atoms with Crippen LogP contribution in [0.3, 0.4) is 0 Å². The highest BCUT2D eigenvalue weighted by molar-refractivity contribution is 7.00. The Labute approximate surface area is 224 Å². The van der Waals surface area contributed by atoms with E-state index in [2.05, 4.69) is 74.6 Å². The van der Waals surface area contributed by atoms with Gasteiger partial charge in [-0.1, -0.05) is 93.6 Å². The molecule has 0 aliphatic carbocycles. The molecule has 6 nitrogen and oxygen atoms in total. The molecular formula is C31H31N3O3Si. The highest BCUT2D eigenvalue weighted by Crippen LogP contribution is 2.37. The quantitative estimate of drug-likeness (QED) is 0.164. The van der Waals surface area contributed by atoms with E-state index in [1.165, 1.54) is 16.4 Å². The topological polar surface area (TPSA) is 88.2 Å². The third kappa shape index (κ3) is 5.61. The number of hydrogen-bond donors (Lipinski definition) is 1. The van der Waals surface area contributed by atoms with Gasteiger partial charge in [0.2, 0.25) is 0 Å². The van der Waals surface area contributed by atoms with E-state index in [9.17, 15) is 10.1 Å². The molecule has 38 heavy (non-hydrogen) atoms. The molecule has 0 aromatic heterocycles. The van der Waals surface area contributed by atoms with Gasteiger partial charge in [0, 0.05) is 12.6 Å². The Hall–Kier alpha value is -4.41. The molecule has 0 heterocycles. The summed E-state index contributed by atoms with van der Waals surface area (Å²) in [5, 5.41) is 25.9. The van der Waals surface area contributed by atoms with Crippen LogP contribution in [0.1, 0.15) is 31.9 Å². The van der Waals surface area contributed by atoms with Crippen LogP contribution in [-0.4, -0.2) is 19.8 Å². The van der Waals surface area contributed by atoms with Crippen LogP contribution < -0.4 is 20.1 Å². The number of nitro groups is 1. The molecule has 0 saturated heterocycles. The van der Waals surface area contributed by atoms with E-state index in [-0.39, 0.29) is 16.3 Å². The molecule has 0 amide bonds. The Morgan fingerprint density at radius 1 is 0.895 bits per heavy atom. The van der Waals surface area contributed by atoms with E-state index in [1.54, 1.807) is 12.1 Å². The third-order valence-corrected chi connectivity index (χ3v) is 11.6. The van der Waals surface area contributed by atoms with Crippen molar-refractivity contribution in [3.8, 4) is 11.8 Å². The zero-order valence-electron chi connectivity index (χ0n) is 21.8. The zero-order valence-corrected chi connectivity index (χ0v) is 22.8. The predicted molar refractivity (Wildman–Crippen MR) is 155 cm³/mol. The maximum atomic E-state index is 11.4. The number of nitriles is 1. The van der Waals surface area contributed by atoms with Gasteiger partial charge in [-0.3, -0.25) is 10.1 Å². The molecule has 0 unspecified atom stereocenters. The predicted octanol–water partition coefficient (Wildman–Crippen LogP) is 6.06. The lowest BCUT2D eigenvalue weighted by Gasteiger charge is -2.43. The molecule has 192 valence electrons. The van der Waals surface area contributed by atoms with Gasteiger partial charge in [0.1, 0.15) is 11.4 Å². The Morgan fingerprint density at radius 3 is 1.97 bits per heavy atom. The Balaban J connectivity index is 1.55. The summed E-state index contributed by atoms with van der Waals surface area (Å²) in [5.41, 5.74) is 1.65. The van der Waals surface area contributed by atoms with Gasteiger partial charge in [-0.2, -0.15) is 5.26 Å². The lowest BCUT2D eigenvalue weighted by Crippen LogP contribution is -2.68. The van der Waals surface area contributed by atoms with Crippen LogP contribution in [0.4, 0.5) is 11.4 Å². The first-order valence-corrected chi connectivity index (χ1v) is 14.5. The number of nitro benzene ring substituents is 1. The molecule has 0 fully saturated rings. The van der Waals surface area contributed by atoms with Crippen LogP contribution in [0.5, 0.6) is 5.75 Å². The molecule has 0 radical (unpaired) electrons. The molecule has 0 saturated carbocycles. The van der Waals surface area contributed by atoms with Crippen LogP contribution >= 0.6 is 0 Å².